The number of carbonyl (C=O) groups is 2. The zero-order chi connectivity index (χ0) is 12.5. The van der Waals surface area contributed by atoms with E-state index >= 15 is 0 Å². The summed E-state index contributed by atoms with van der Waals surface area (Å²) in [7, 11) is -4.70. The molecule has 0 aromatic heterocycles. The number of benzene rings is 1. The van der Waals surface area contributed by atoms with E-state index in [1.165, 1.54) is 0 Å². The summed E-state index contributed by atoms with van der Waals surface area (Å²) in [6, 6.07) is 1.83. The van der Waals surface area contributed by atoms with Crippen molar-refractivity contribution in [2.75, 3.05) is 0 Å². The van der Waals surface area contributed by atoms with Gasteiger partial charge in [-0.05, 0) is 29.3 Å². The van der Waals surface area contributed by atoms with E-state index in [2.05, 4.69) is 0 Å². The zero-order valence-electron chi connectivity index (χ0n) is 9.54. The molecule has 0 atom stereocenters. The summed E-state index contributed by atoms with van der Waals surface area (Å²) in [6.07, 6.45) is 0. The van der Waals surface area contributed by atoms with E-state index in [1.54, 1.807) is 0 Å². The molecule has 0 bridgehead atoms. The Morgan fingerprint density at radius 2 is 1.33 bits per heavy atom. The summed E-state index contributed by atoms with van der Waals surface area (Å²) in [6.45, 7) is 0. The van der Waals surface area contributed by atoms with E-state index in [0.29, 0.717) is 18.2 Å². The van der Waals surface area contributed by atoms with Crippen LogP contribution < -0.4 is 58.6 Å². The molecule has 10 heteroatoms. The molecule has 7 nitrogen and oxygen atoms in total. The van der Waals surface area contributed by atoms with Gasteiger partial charge in [0.2, 0.25) is 0 Å². The fourth-order valence-corrected chi connectivity index (χ4v) is 1.54. The molecular weight excluding hydrogens is 270 g/mol. The van der Waals surface area contributed by atoms with Crippen LogP contribution in [0.3, 0.4) is 0 Å². The first-order valence-corrected chi connectivity index (χ1v) is 5.21. The third-order valence-corrected chi connectivity index (χ3v) is 2.51. The maximum atomic E-state index is 10.7. The van der Waals surface area contributed by atoms with Gasteiger partial charge in [0, 0.05) is 0 Å². The SMILES string of the molecule is O=C([O-])c1cc(C(=O)[O-])cc(S(=O)(=O)O)c1.[Li+].[Na+]. The Hall–Kier alpha value is -0.333. The second kappa shape index (κ2) is 7.30. The standard InChI is InChI=1S/C8H6O7S.Li.Na/c9-7(10)4-1-5(8(11)12)3-6(2-4)16(13,14)15;;/h1-3H,(H,9,10)(H,11,12)(H,13,14,15);;/q;2*+1/p-2. The molecule has 0 fully saturated rings. The number of carboxylic acids is 2. The van der Waals surface area contributed by atoms with Crippen LogP contribution in [0.1, 0.15) is 20.7 Å². The van der Waals surface area contributed by atoms with E-state index in [9.17, 15) is 28.2 Å². The van der Waals surface area contributed by atoms with Gasteiger partial charge in [-0.15, -0.1) is 0 Å². The van der Waals surface area contributed by atoms with Crippen molar-refractivity contribution in [3.8, 4) is 0 Å². The quantitative estimate of drug-likeness (QED) is 0.427. The first-order valence-electron chi connectivity index (χ1n) is 3.77. The molecule has 0 aliphatic carbocycles. The second-order valence-electron chi connectivity index (χ2n) is 2.80. The van der Waals surface area contributed by atoms with Crippen molar-refractivity contribution < 1.29 is 81.2 Å². The van der Waals surface area contributed by atoms with Crippen molar-refractivity contribution >= 4 is 22.1 Å². The molecule has 1 aromatic carbocycles. The van der Waals surface area contributed by atoms with Crippen LogP contribution in [0.5, 0.6) is 0 Å². The monoisotopic (exact) mass is 274 g/mol. The van der Waals surface area contributed by atoms with Crippen LogP contribution in [0.15, 0.2) is 23.1 Å². The smallest absolute Gasteiger partial charge is 0.545 e. The van der Waals surface area contributed by atoms with Gasteiger partial charge in [-0.2, -0.15) is 8.42 Å². The molecule has 18 heavy (non-hydrogen) atoms. The van der Waals surface area contributed by atoms with Crippen molar-refractivity contribution in [3.05, 3.63) is 29.3 Å². The molecule has 1 N–H and O–H groups in total. The number of carbonyl (C=O) groups excluding carboxylic acids is 2. The van der Waals surface area contributed by atoms with Crippen molar-refractivity contribution in [1.29, 1.82) is 0 Å². The third-order valence-electron chi connectivity index (χ3n) is 1.68. The maximum absolute atomic E-state index is 10.7. The fourth-order valence-electron chi connectivity index (χ4n) is 0.984. The van der Waals surface area contributed by atoms with Crippen LogP contribution in [0.25, 0.3) is 0 Å². The predicted molar refractivity (Wildman–Crippen MR) is 44.9 cm³/mol. The molecule has 0 saturated heterocycles. The molecule has 0 radical (unpaired) electrons. The van der Waals surface area contributed by atoms with Crippen molar-refractivity contribution in [3.63, 3.8) is 0 Å². The van der Waals surface area contributed by atoms with Gasteiger partial charge < -0.3 is 19.8 Å². The first kappa shape index (κ1) is 20.0. The van der Waals surface area contributed by atoms with E-state index in [-0.39, 0.29) is 48.4 Å². The molecular formula is C8H4LiNaO7S. The van der Waals surface area contributed by atoms with Crippen molar-refractivity contribution in [2.24, 2.45) is 0 Å². The minimum absolute atomic E-state index is 0. The Kier molecular flexibility index (Phi) is 8.11. The Bertz CT molecular complexity index is 537. The summed E-state index contributed by atoms with van der Waals surface area (Å²) < 4.78 is 30.1. The number of aromatic carboxylic acids is 2. The topological polar surface area (TPSA) is 135 Å². The number of hydrogen-bond donors (Lipinski definition) is 1. The molecule has 0 aliphatic rings. The van der Waals surface area contributed by atoms with Crippen LogP contribution in [0, 0.1) is 0 Å². The minimum Gasteiger partial charge on any atom is -0.545 e. The molecule has 0 spiro atoms. The maximum Gasteiger partial charge on any atom is 1.00 e. The predicted octanol–water partition coefficient (Wildman–Crippen LogP) is -8.33. The third kappa shape index (κ3) is 5.12. The van der Waals surface area contributed by atoms with Crippen LogP contribution in [0.4, 0.5) is 0 Å². The van der Waals surface area contributed by atoms with Gasteiger partial charge in [0.1, 0.15) is 0 Å². The minimum atomic E-state index is -4.70. The van der Waals surface area contributed by atoms with Gasteiger partial charge in [-0.1, -0.05) is 0 Å². The summed E-state index contributed by atoms with van der Waals surface area (Å²) in [4.78, 5) is 20.1. The number of hydrogen-bond acceptors (Lipinski definition) is 6. The first-order chi connectivity index (χ1) is 7.21. The summed E-state index contributed by atoms with van der Waals surface area (Å²) in [5, 5.41) is 20.9. The Morgan fingerprint density at radius 3 is 1.56 bits per heavy atom. The van der Waals surface area contributed by atoms with Gasteiger partial charge in [-0.3, -0.25) is 4.55 Å². The second-order valence-corrected chi connectivity index (χ2v) is 4.22. The molecule has 1 aromatic rings. The fraction of sp³-hybridized carbons (Fsp3) is 0. The Labute approximate surface area is 136 Å². The summed E-state index contributed by atoms with van der Waals surface area (Å²) in [5.74, 6) is -3.54. The zero-order valence-corrected chi connectivity index (χ0v) is 12.4. The molecule has 0 saturated carbocycles. The Morgan fingerprint density at radius 1 is 1.00 bits per heavy atom. The van der Waals surface area contributed by atoms with E-state index in [4.69, 9.17) is 4.55 Å². The molecule has 86 valence electrons. The largest absolute Gasteiger partial charge is 1.00 e. The van der Waals surface area contributed by atoms with Gasteiger partial charge in [-0.25, -0.2) is 0 Å². The molecule has 1 rings (SSSR count). The molecule has 0 amide bonds. The van der Waals surface area contributed by atoms with Gasteiger partial charge >= 0.3 is 48.4 Å². The van der Waals surface area contributed by atoms with Crippen LogP contribution in [-0.2, 0) is 10.1 Å². The number of carboxylic acid groups (broad SMARTS) is 2. The molecule has 0 aliphatic heterocycles. The van der Waals surface area contributed by atoms with E-state index < -0.39 is 38.1 Å². The van der Waals surface area contributed by atoms with Crippen LogP contribution >= 0.6 is 0 Å². The van der Waals surface area contributed by atoms with Crippen LogP contribution in [0.2, 0.25) is 0 Å². The van der Waals surface area contributed by atoms with Crippen molar-refractivity contribution in [1.82, 2.24) is 0 Å². The van der Waals surface area contributed by atoms with E-state index in [0.717, 1.165) is 0 Å². The Balaban J connectivity index is 0. The normalized spacial score (nSPS) is 9.83. The number of rotatable bonds is 3. The summed E-state index contributed by atoms with van der Waals surface area (Å²) in [5.41, 5.74) is -1.37. The molecule has 0 unspecified atom stereocenters. The van der Waals surface area contributed by atoms with E-state index in [1.807, 2.05) is 0 Å². The van der Waals surface area contributed by atoms with Gasteiger partial charge in [0.05, 0.1) is 16.8 Å². The average molecular weight is 274 g/mol. The molecule has 0 heterocycles. The summed E-state index contributed by atoms with van der Waals surface area (Å²) >= 11 is 0. The van der Waals surface area contributed by atoms with Gasteiger partial charge in [0.25, 0.3) is 10.1 Å². The van der Waals surface area contributed by atoms with Crippen LogP contribution in [-0.4, -0.2) is 24.9 Å². The van der Waals surface area contributed by atoms with Gasteiger partial charge in [0.15, 0.2) is 0 Å². The van der Waals surface area contributed by atoms with Crippen molar-refractivity contribution in [2.45, 2.75) is 4.90 Å². The average Bonchev–Trinajstić information content (AvgIpc) is 2.15.